The Kier molecular flexibility index (Phi) is 4.29. The summed E-state index contributed by atoms with van der Waals surface area (Å²) >= 11 is 0. The summed E-state index contributed by atoms with van der Waals surface area (Å²) < 4.78 is 4.96. The number of aryl methyl sites for hydroxylation is 3. The molecule has 6 heteroatoms. The van der Waals surface area contributed by atoms with E-state index < -0.39 is 0 Å². The summed E-state index contributed by atoms with van der Waals surface area (Å²) in [4.78, 5) is 16.3. The molecule has 6 nitrogen and oxygen atoms in total. The molecule has 0 unspecified atom stereocenters. The zero-order chi connectivity index (χ0) is 17.1. The number of nitrogens with one attached hydrogen (secondary N) is 2. The molecular formula is C18H18N4O2. The highest BCUT2D eigenvalue weighted by atomic mass is 16.5. The molecule has 1 heterocycles. The van der Waals surface area contributed by atoms with Gasteiger partial charge in [-0.2, -0.15) is 4.98 Å². The molecule has 0 atom stereocenters. The minimum absolute atomic E-state index is 0.285. The highest BCUT2D eigenvalue weighted by Crippen LogP contribution is 2.20. The number of hydrogen-bond donors (Lipinski definition) is 2. The van der Waals surface area contributed by atoms with Gasteiger partial charge in [-0.25, -0.2) is 4.79 Å². The first kappa shape index (κ1) is 15.7. The number of anilines is 2. The Bertz CT molecular complexity index is 869. The highest BCUT2D eigenvalue weighted by Gasteiger charge is 2.08. The highest BCUT2D eigenvalue weighted by molar-refractivity contribution is 6.00. The van der Waals surface area contributed by atoms with E-state index in [4.69, 9.17) is 4.52 Å². The quantitative estimate of drug-likeness (QED) is 0.753. The van der Waals surface area contributed by atoms with Crippen molar-refractivity contribution in [3.8, 4) is 11.4 Å². The Hall–Kier alpha value is -3.15. The van der Waals surface area contributed by atoms with Gasteiger partial charge in [-0.05, 0) is 55.3 Å². The van der Waals surface area contributed by atoms with E-state index in [-0.39, 0.29) is 6.03 Å². The van der Waals surface area contributed by atoms with E-state index in [2.05, 4.69) is 20.8 Å². The minimum atomic E-state index is -0.285. The first-order valence-electron chi connectivity index (χ1n) is 7.57. The van der Waals surface area contributed by atoms with E-state index in [0.717, 1.165) is 22.4 Å². The van der Waals surface area contributed by atoms with Crippen LogP contribution in [0.5, 0.6) is 0 Å². The molecule has 2 amide bonds. The Labute approximate surface area is 139 Å². The molecule has 0 bridgehead atoms. The predicted octanol–water partition coefficient (Wildman–Crippen LogP) is 4.31. The second-order valence-corrected chi connectivity index (χ2v) is 5.61. The van der Waals surface area contributed by atoms with Gasteiger partial charge in [0.1, 0.15) is 0 Å². The van der Waals surface area contributed by atoms with Crippen molar-refractivity contribution in [2.45, 2.75) is 20.8 Å². The van der Waals surface area contributed by atoms with Gasteiger partial charge in [0.2, 0.25) is 11.7 Å². The second-order valence-electron chi connectivity index (χ2n) is 5.61. The minimum Gasteiger partial charge on any atom is -0.339 e. The number of urea groups is 1. The normalized spacial score (nSPS) is 10.5. The van der Waals surface area contributed by atoms with Gasteiger partial charge >= 0.3 is 6.03 Å². The zero-order valence-corrected chi connectivity index (χ0v) is 13.8. The average molecular weight is 322 g/mol. The molecule has 0 aliphatic heterocycles. The third-order valence-corrected chi connectivity index (χ3v) is 3.57. The van der Waals surface area contributed by atoms with E-state index in [1.807, 2.05) is 44.2 Å². The molecule has 0 fully saturated rings. The smallest absolute Gasteiger partial charge is 0.323 e. The fourth-order valence-electron chi connectivity index (χ4n) is 2.27. The number of carbonyl (C=O) groups is 1. The van der Waals surface area contributed by atoms with Crippen molar-refractivity contribution in [3.05, 3.63) is 59.5 Å². The summed E-state index contributed by atoms with van der Waals surface area (Å²) in [6, 6.07) is 12.9. The van der Waals surface area contributed by atoms with Crippen LogP contribution in [0.1, 0.15) is 17.0 Å². The van der Waals surface area contributed by atoms with Crippen molar-refractivity contribution >= 4 is 17.4 Å². The van der Waals surface area contributed by atoms with Gasteiger partial charge in [0.15, 0.2) is 0 Å². The van der Waals surface area contributed by atoms with Crippen LogP contribution < -0.4 is 10.6 Å². The van der Waals surface area contributed by atoms with Crippen LogP contribution in [-0.2, 0) is 0 Å². The average Bonchev–Trinajstić information content (AvgIpc) is 2.98. The summed E-state index contributed by atoms with van der Waals surface area (Å²) in [5.41, 5.74) is 4.41. The monoisotopic (exact) mass is 322 g/mol. The molecule has 0 saturated heterocycles. The van der Waals surface area contributed by atoms with Crippen LogP contribution in [0, 0.1) is 20.8 Å². The largest absolute Gasteiger partial charge is 0.339 e. The van der Waals surface area contributed by atoms with Crippen molar-refractivity contribution in [2.75, 3.05) is 10.6 Å². The van der Waals surface area contributed by atoms with Crippen molar-refractivity contribution in [1.82, 2.24) is 10.1 Å². The van der Waals surface area contributed by atoms with E-state index in [9.17, 15) is 4.79 Å². The van der Waals surface area contributed by atoms with Gasteiger partial charge in [-0.1, -0.05) is 17.3 Å². The van der Waals surface area contributed by atoms with Crippen molar-refractivity contribution in [2.24, 2.45) is 0 Å². The van der Waals surface area contributed by atoms with Crippen molar-refractivity contribution in [1.29, 1.82) is 0 Å². The van der Waals surface area contributed by atoms with Crippen LogP contribution >= 0.6 is 0 Å². The third kappa shape index (κ3) is 3.60. The van der Waals surface area contributed by atoms with Crippen LogP contribution in [0.4, 0.5) is 16.2 Å². The van der Waals surface area contributed by atoms with Crippen LogP contribution in [0.3, 0.4) is 0 Å². The maximum absolute atomic E-state index is 12.1. The molecule has 3 aromatic rings. The summed E-state index contributed by atoms with van der Waals surface area (Å²) in [6.45, 7) is 5.68. The molecule has 2 N–H and O–H groups in total. The fourth-order valence-corrected chi connectivity index (χ4v) is 2.27. The lowest BCUT2D eigenvalue weighted by Crippen LogP contribution is -2.20. The molecular weight excluding hydrogens is 304 g/mol. The maximum Gasteiger partial charge on any atom is 0.323 e. The fraction of sp³-hybridized carbons (Fsp3) is 0.167. The van der Waals surface area contributed by atoms with E-state index in [1.165, 1.54) is 0 Å². The molecule has 0 spiro atoms. The van der Waals surface area contributed by atoms with E-state index in [0.29, 0.717) is 17.4 Å². The number of carbonyl (C=O) groups excluding carboxylic acids is 1. The summed E-state index contributed by atoms with van der Waals surface area (Å²) in [7, 11) is 0. The van der Waals surface area contributed by atoms with Crippen LogP contribution in [-0.4, -0.2) is 16.2 Å². The lowest BCUT2D eigenvalue weighted by Gasteiger charge is -2.11. The molecule has 122 valence electrons. The van der Waals surface area contributed by atoms with Gasteiger partial charge < -0.3 is 15.2 Å². The number of hydrogen-bond acceptors (Lipinski definition) is 4. The lowest BCUT2D eigenvalue weighted by atomic mass is 10.1. The number of amides is 2. The number of nitrogens with zero attached hydrogens (tertiary/aromatic N) is 2. The van der Waals surface area contributed by atoms with Gasteiger partial charge in [0.05, 0.1) is 0 Å². The Morgan fingerprint density at radius 2 is 1.75 bits per heavy atom. The predicted molar refractivity (Wildman–Crippen MR) is 93.0 cm³/mol. The first-order chi connectivity index (χ1) is 11.5. The molecule has 0 saturated carbocycles. The van der Waals surface area contributed by atoms with E-state index in [1.54, 1.807) is 19.1 Å². The number of benzene rings is 2. The van der Waals surface area contributed by atoms with Gasteiger partial charge in [-0.15, -0.1) is 0 Å². The maximum atomic E-state index is 12.1. The summed E-state index contributed by atoms with van der Waals surface area (Å²) in [5, 5.41) is 9.53. The Balaban J connectivity index is 1.67. The molecule has 24 heavy (non-hydrogen) atoms. The van der Waals surface area contributed by atoms with Gasteiger partial charge in [0.25, 0.3) is 0 Å². The molecule has 1 aromatic heterocycles. The summed E-state index contributed by atoms with van der Waals surface area (Å²) in [5.74, 6) is 1.04. The number of rotatable bonds is 3. The van der Waals surface area contributed by atoms with Gasteiger partial charge in [-0.3, -0.25) is 0 Å². The lowest BCUT2D eigenvalue weighted by molar-refractivity contribution is 0.262. The SMILES string of the molecule is Cc1ccc(C)c(NC(=O)Nc2ccc(-c3noc(C)n3)cc2)c1. The van der Waals surface area contributed by atoms with E-state index >= 15 is 0 Å². The Morgan fingerprint density at radius 3 is 2.42 bits per heavy atom. The molecule has 2 aromatic carbocycles. The summed E-state index contributed by atoms with van der Waals surface area (Å²) in [6.07, 6.45) is 0. The van der Waals surface area contributed by atoms with Crippen LogP contribution in [0.15, 0.2) is 47.0 Å². The molecule has 0 aliphatic carbocycles. The first-order valence-corrected chi connectivity index (χ1v) is 7.57. The molecule has 3 rings (SSSR count). The molecule has 0 aliphatic rings. The third-order valence-electron chi connectivity index (χ3n) is 3.57. The zero-order valence-electron chi connectivity index (χ0n) is 13.8. The van der Waals surface area contributed by atoms with Crippen LogP contribution in [0.2, 0.25) is 0 Å². The Morgan fingerprint density at radius 1 is 1.00 bits per heavy atom. The molecule has 0 radical (unpaired) electrons. The van der Waals surface area contributed by atoms with Gasteiger partial charge in [0, 0.05) is 23.9 Å². The topological polar surface area (TPSA) is 80.0 Å². The van der Waals surface area contributed by atoms with Crippen molar-refractivity contribution < 1.29 is 9.32 Å². The van der Waals surface area contributed by atoms with Crippen LogP contribution in [0.25, 0.3) is 11.4 Å². The standard InChI is InChI=1S/C18H18N4O2/c1-11-4-5-12(2)16(10-11)21-18(23)20-15-8-6-14(7-9-15)17-19-13(3)24-22-17/h4-10H,1-3H3,(H2,20,21,23). The number of aromatic nitrogens is 2. The second kappa shape index (κ2) is 6.54. The van der Waals surface area contributed by atoms with Crippen molar-refractivity contribution in [3.63, 3.8) is 0 Å².